The number of hydrogen-bond donors (Lipinski definition) is 1. The summed E-state index contributed by atoms with van der Waals surface area (Å²) in [6, 6.07) is 12.3. The molecule has 1 aliphatic heterocycles. The number of fused-ring (bicyclic) bond motifs is 1. The van der Waals surface area contributed by atoms with Crippen molar-refractivity contribution < 1.29 is 17.9 Å². The topological polar surface area (TPSA) is 64.6 Å². The number of sulfonamides is 1. The Morgan fingerprint density at radius 2 is 1.68 bits per heavy atom. The first kappa shape index (κ1) is 14.9. The van der Waals surface area contributed by atoms with Gasteiger partial charge in [-0.15, -0.1) is 0 Å². The zero-order valence-corrected chi connectivity index (χ0v) is 13.0. The second-order valence-corrected chi connectivity index (χ2v) is 6.78. The fourth-order valence-corrected chi connectivity index (χ4v) is 3.23. The van der Waals surface area contributed by atoms with E-state index in [1.165, 1.54) is 0 Å². The number of aryl methyl sites for hydroxylation is 1. The lowest BCUT2D eigenvalue weighted by molar-refractivity contribution is 0.174. The fraction of sp³-hybridized carbons (Fsp3) is 0.250. The van der Waals surface area contributed by atoms with Crippen molar-refractivity contribution in [3.63, 3.8) is 0 Å². The van der Waals surface area contributed by atoms with Gasteiger partial charge in [0.2, 0.25) is 16.8 Å². The van der Waals surface area contributed by atoms with Crippen LogP contribution in [-0.4, -0.2) is 15.2 Å². The predicted octanol–water partition coefficient (Wildman–Crippen LogP) is 2.46. The number of ether oxygens (including phenoxy) is 2. The summed E-state index contributed by atoms with van der Waals surface area (Å²) < 4.78 is 37.7. The Kier molecular flexibility index (Phi) is 4.04. The summed E-state index contributed by atoms with van der Waals surface area (Å²) >= 11 is 0. The summed E-state index contributed by atoms with van der Waals surface area (Å²) in [4.78, 5) is 0.269. The van der Waals surface area contributed by atoms with Gasteiger partial charge in [0.25, 0.3) is 0 Å². The van der Waals surface area contributed by atoms with Gasteiger partial charge in [-0.2, -0.15) is 0 Å². The molecule has 1 aliphatic rings. The molecule has 0 atom stereocenters. The van der Waals surface area contributed by atoms with Gasteiger partial charge in [0.1, 0.15) is 0 Å². The molecule has 0 aliphatic carbocycles. The molecule has 0 saturated heterocycles. The fourth-order valence-electron chi connectivity index (χ4n) is 2.22. The van der Waals surface area contributed by atoms with Crippen LogP contribution in [0.4, 0.5) is 0 Å². The summed E-state index contributed by atoms with van der Waals surface area (Å²) in [7, 11) is -3.52. The summed E-state index contributed by atoms with van der Waals surface area (Å²) in [6.07, 6.45) is 0.880. The van der Waals surface area contributed by atoms with Crippen LogP contribution >= 0.6 is 0 Å². The van der Waals surface area contributed by atoms with E-state index < -0.39 is 10.0 Å². The van der Waals surface area contributed by atoms with Gasteiger partial charge >= 0.3 is 0 Å². The van der Waals surface area contributed by atoms with Crippen LogP contribution in [0.15, 0.2) is 47.4 Å². The highest BCUT2D eigenvalue weighted by molar-refractivity contribution is 7.89. The van der Waals surface area contributed by atoms with Crippen molar-refractivity contribution in [3.05, 3.63) is 53.6 Å². The Labute approximate surface area is 129 Å². The molecule has 22 heavy (non-hydrogen) atoms. The molecular formula is C16H17NO4S. The van der Waals surface area contributed by atoms with Gasteiger partial charge in [-0.25, -0.2) is 13.1 Å². The van der Waals surface area contributed by atoms with E-state index in [1.54, 1.807) is 24.3 Å². The first-order valence-electron chi connectivity index (χ1n) is 7.05. The number of rotatable bonds is 5. The highest BCUT2D eigenvalue weighted by atomic mass is 32.2. The quantitative estimate of drug-likeness (QED) is 0.919. The molecule has 0 bridgehead atoms. The van der Waals surface area contributed by atoms with E-state index in [4.69, 9.17) is 9.47 Å². The van der Waals surface area contributed by atoms with Crippen molar-refractivity contribution in [2.24, 2.45) is 0 Å². The van der Waals surface area contributed by atoms with Gasteiger partial charge in [0.15, 0.2) is 11.5 Å². The van der Waals surface area contributed by atoms with Crippen molar-refractivity contribution in [2.45, 2.75) is 24.8 Å². The van der Waals surface area contributed by atoms with E-state index in [1.807, 2.05) is 25.1 Å². The molecule has 1 N–H and O–H groups in total. The summed E-state index contributed by atoms with van der Waals surface area (Å²) in [5.41, 5.74) is 1.92. The molecular weight excluding hydrogens is 302 g/mol. The van der Waals surface area contributed by atoms with E-state index >= 15 is 0 Å². The maximum Gasteiger partial charge on any atom is 0.240 e. The highest BCUT2D eigenvalue weighted by Gasteiger charge is 2.16. The molecule has 0 aromatic heterocycles. The highest BCUT2D eigenvalue weighted by Crippen LogP contribution is 2.32. The molecule has 2 aromatic rings. The van der Waals surface area contributed by atoms with Crippen molar-refractivity contribution in [2.75, 3.05) is 6.79 Å². The Balaban J connectivity index is 1.71. The van der Waals surface area contributed by atoms with Crippen LogP contribution in [0.25, 0.3) is 0 Å². The smallest absolute Gasteiger partial charge is 0.240 e. The Morgan fingerprint density at radius 1 is 1.00 bits per heavy atom. The lowest BCUT2D eigenvalue weighted by Crippen LogP contribution is -2.23. The minimum absolute atomic E-state index is 0.203. The minimum atomic E-state index is -3.52. The Hall–Kier alpha value is -2.05. The molecule has 6 heteroatoms. The molecule has 3 rings (SSSR count). The predicted molar refractivity (Wildman–Crippen MR) is 82.4 cm³/mol. The molecule has 0 amide bonds. The van der Waals surface area contributed by atoms with Crippen LogP contribution in [0.2, 0.25) is 0 Å². The zero-order chi connectivity index (χ0) is 15.6. The molecule has 116 valence electrons. The van der Waals surface area contributed by atoms with E-state index in [-0.39, 0.29) is 18.2 Å². The van der Waals surface area contributed by atoms with Crippen LogP contribution in [0.3, 0.4) is 0 Å². The minimum Gasteiger partial charge on any atom is -0.454 e. The molecule has 0 radical (unpaired) electrons. The lowest BCUT2D eigenvalue weighted by atomic mass is 10.2. The third-order valence-corrected chi connectivity index (χ3v) is 4.96. The SMILES string of the molecule is CCc1ccc(S(=O)(=O)NCc2ccc3c(c2)OCO3)cc1. The van der Waals surface area contributed by atoms with Crippen LogP contribution in [0.5, 0.6) is 11.5 Å². The van der Waals surface area contributed by atoms with Gasteiger partial charge in [0.05, 0.1) is 4.90 Å². The van der Waals surface area contributed by atoms with Crippen LogP contribution in [0.1, 0.15) is 18.1 Å². The van der Waals surface area contributed by atoms with Crippen LogP contribution in [0, 0.1) is 0 Å². The summed E-state index contributed by atoms with van der Waals surface area (Å²) in [5, 5.41) is 0. The number of benzene rings is 2. The van der Waals surface area contributed by atoms with E-state index in [0.29, 0.717) is 11.5 Å². The molecule has 1 heterocycles. The third kappa shape index (κ3) is 3.08. The molecule has 5 nitrogen and oxygen atoms in total. The monoisotopic (exact) mass is 319 g/mol. The maximum atomic E-state index is 12.3. The average Bonchev–Trinajstić information content (AvgIpc) is 3.01. The molecule has 0 saturated carbocycles. The van der Waals surface area contributed by atoms with E-state index in [9.17, 15) is 8.42 Å². The Bertz CT molecular complexity index is 769. The lowest BCUT2D eigenvalue weighted by Gasteiger charge is -2.08. The average molecular weight is 319 g/mol. The largest absolute Gasteiger partial charge is 0.454 e. The first-order chi connectivity index (χ1) is 10.6. The maximum absolute atomic E-state index is 12.3. The van der Waals surface area contributed by atoms with E-state index in [2.05, 4.69) is 4.72 Å². The van der Waals surface area contributed by atoms with Crippen molar-refractivity contribution in [1.82, 2.24) is 4.72 Å². The molecule has 0 fully saturated rings. The second kappa shape index (κ2) is 5.98. The summed E-state index contributed by atoms with van der Waals surface area (Å²) in [5.74, 6) is 1.32. The van der Waals surface area contributed by atoms with Crippen molar-refractivity contribution in [1.29, 1.82) is 0 Å². The van der Waals surface area contributed by atoms with Crippen LogP contribution < -0.4 is 14.2 Å². The van der Waals surface area contributed by atoms with Gasteiger partial charge < -0.3 is 9.47 Å². The standard InChI is InChI=1S/C16H17NO4S/c1-2-12-3-6-14(7-4-12)22(18,19)17-10-13-5-8-15-16(9-13)21-11-20-15/h3-9,17H,2,10-11H2,1H3. The van der Waals surface area contributed by atoms with Gasteiger partial charge in [-0.05, 0) is 41.8 Å². The van der Waals surface area contributed by atoms with E-state index in [0.717, 1.165) is 17.5 Å². The zero-order valence-electron chi connectivity index (χ0n) is 12.2. The van der Waals surface area contributed by atoms with Crippen molar-refractivity contribution in [3.8, 4) is 11.5 Å². The summed E-state index contributed by atoms with van der Waals surface area (Å²) in [6.45, 7) is 2.43. The molecule has 0 unspecified atom stereocenters. The first-order valence-corrected chi connectivity index (χ1v) is 8.54. The molecule has 2 aromatic carbocycles. The molecule has 0 spiro atoms. The van der Waals surface area contributed by atoms with Crippen LogP contribution in [-0.2, 0) is 23.0 Å². The van der Waals surface area contributed by atoms with Gasteiger partial charge in [-0.1, -0.05) is 25.1 Å². The Morgan fingerprint density at radius 3 is 2.41 bits per heavy atom. The second-order valence-electron chi connectivity index (χ2n) is 5.01. The third-order valence-electron chi connectivity index (χ3n) is 3.55. The normalized spacial score (nSPS) is 13.3. The van der Waals surface area contributed by atoms with Crippen molar-refractivity contribution >= 4 is 10.0 Å². The number of hydrogen-bond acceptors (Lipinski definition) is 4. The van der Waals surface area contributed by atoms with Gasteiger partial charge in [-0.3, -0.25) is 0 Å². The number of nitrogens with one attached hydrogen (secondary N) is 1. The van der Waals surface area contributed by atoms with Gasteiger partial charge in [0, 0.05) is 6.54 Å².